The van der Waals surface area contributed by atoms with E-state index in [9.17, 15) is 9.18 Å². The fourth-order valence-corrected chi connectivity index (χ4v) is 3.32. The van der Waals surface area contributed by atoms with E-state index in [4.69, 9.17) is 11.6 Å². The summed E-state index contributed by atoms with van der Waals surface area (Å²) in [6.07, 6.45) is 0. The number of aromatic nitrogens is 4. The Hall–Kier alpha value is -3.00. The number of amides is 1. The molecule has 0 saturated carbocycles. The lowest BCUT2D eigenvalue weighted by molar-refractivity contribution is -0.132. The lowest BCUT2D eigenvalue weighted by Gasteiger charge is -2.36. The summed E-state index contributed by atoms with van der Waals surface area (Å²) >= 11 is 6.06. The summed E-state index contributed by atoms with van der Waals surface area (Å²) in [6, 6.07) is 13.5. The molecule has 0 spiro atoms. The average Bonchev–Trinajstić information content (AvgIpc) is 3.17. The highest BCUT2D eigenvalue weighted by Gasteiger charge is 2.22. The highest BCUT2D eigenvalue weighted by Crippen LogP contribution is 2.21. The average molecular weight is 401 g/mol. The third-order valence-electron chi connectivity index (χ3n) is 4.64. The minimum absolute atomic E-state index is 0.0192. The molecule has 0 unspecified atom stereocenters. The quantitative estimate of drug-likeness (QED) is 0.673. The fourth-order valence-electron chi connectivity index (χ4n) is 3.13. The van der Waals surface area contributed by atoms with Crippen molar-refractivity contribution in [1.29, 1.82) is 0 Å². The van der Waals surface area contributed by atoms with Gasteiger partial charge in [0.05, 0.1) is 0 Å². The molecule has 1 amide bonds. The zero-order valence-corrected chi connectivity index (χ0v) is 15.8. The van der Waals surface area contributed by atoms with Crippen molar-refractivity contribution < 1.29 is 9.18 Å². The predicted octanol–water partition coefficient (Wildman–Crippen LogP) is 2.48. The van der Waals surface area contributed by atoms with E-state index in [0.717, 1.165) is 18.8 Å². The molecular weight excluding hydrogens is 383 g/mol. The minimum atomic E-state index is -0.330. The lowest BCUT2D eigenvalue weighted by Crippen LogP contribution is -2.49. The molecule has 0 radical (unpaired) electrons. The van der Waals surface area contributed by atoms with Gasteiger partial charge in [0.15, 0.2) is 0 Å². The van der Waals surface area contributed by atoms with Gasteiger partial charge in [-0.2, -0.15) is 4.80 Å². The van der Waals surface area contributed by atoms with Crippen molar-refractivity contribution >= 4 is 23.2 Å². The molecule has 2 heterocycles. The number of rotatable bonds is 4. The van der Waals surface area contributed by atoms with Gasteiger partial charge in [0.2, 0.25) is 11.7 Å². The monoisotopic (exact) mass is 400 g/mol. The SMILES string of the molecule is O=C(Cn1nnc(-c2ccc(F)cc2)n1)N1CCN(c2cccc(Cl)c2)CC1. The van der Waals surface area contributed by atoms with Gasteiger partial charge in [0, 0.05) is 42.5 Å². The number of carbonyl (C=O) groups excluding carboxylic acids is 1. The highest BCUT2D eigenvalue weighted by atomic mass is 35.5. The van der Waals surface area contributed by atoms with E-state index in [2.05, 4.69) is 20.3 Å². The molecule has 0 aliphatic carbocycles. The van der Waals surface area contributed by atoms with Crippen LogP contribution in [0.25, 0.3) is 11.4 Å². The first kappa shape index (κ1) is 18.4. The van der Waals surface area contributed by atoms with Gasteiger partial charge in [-0.25, -0.2) is 4.39 Å². The second kappa shape index (κ2) is 7.93. The second-order valence-electron chi connectivity index (χ2n) is 6.50. The molecule has 4 rings (SSSR count). The first-order valence-corrected chi connectivity index (χ1v) is 9.28. The number of nitrogens with zero attached hydrogens (tertiary/aromatic N) is 6. The number of benzene rings is 2. The van der Waals surface area contributed by atoms with Crippen LogP contribution in [0.3, 0.4) is 0 Å². The molecule has 0 atom stereocenters. The van der Waals surface area contributed by atoms with Gasteiger partial charge in [0.1, 0.15) is 12.4 Å². The molecule has 144 valence electrons. The summed E-state index contributed by atoms with van der Waals surface area (Å²) in [5.41, 5.74) is 1.71. The largest absolute Gasteiger partial charge is 0.368 e. The fraction of sp³-hybridized carbons (Fsp3) is 0.263. The zero-order valence-electron chi connectivity index (χ0n) is 15.0. The summed E-state index contributed by atoms with van der Waals surface area (Å²) in [6.45, 7) is 2.72. The van der Waals surface area contributed by atoms with Crippen LogP contribution < -0.4 is 4.90 Å². The zero-order chi connectivity index (χ0) is 19.5. The van der Waals surface area contributed by atoms with Crippen LogP contribution in [0.1, 0.15) is 0 Å². The van der Waals surface area contributed by atoms with Crippen molar-refractivity contribution in [3.05, 3.63) is 59.4 Å². The standard InChI is InChI=1S/C19H18ClFN6O/c20-15-2-1-3-17(12-15)25-8-10-26(11-9-25)18(28)13-27-23-19(22-24-27)14-4-6-16(21)7-5-14/h1-7,12H,8-11,13H2. The molecule has 28 heavy (non-hydrogen) atoms. The molecule has 1 fully saturated rings. The molecule has 1 aromatic heterocycles. The molecule has 0 bridgehead atoms. The number of hydrogen-bond acceptors (Lipinski definition) is 5. The Kier molecular flexibility index (Phi) is 5.21. The Morgan fingerprint density at radius 2 is 1.82 bits per heavy atom. The molecule has 0 N–H and O–H groups in total. The first-order chi connectivity index (χ1) is 13.6. The van der Waals surface area contributed by atoms with E-state index in [1.807, 2.05) is 24.3 Å². The Balaban J connectivity index is 1.34. The minimum Gasteiger partial charge on any atom is -0.368 e. The summed E-state index contributed by atoms with van der Waals surface area (Å²) in [5, 5.41) is 12.8. The Labute approximate surface area is 166 Å². The molecule has 3 aromatic rings. The number of hydrogen-bond donors (Lipinski definition) is 0. The highest BCUT2D eigenvalue weighted by molar-refractivity contribution is 6.30. The summed E-state index contributed by atoms with van der Waals surface area (Å²) in [4.78, 5) is 17.8. The van der Waals surface area contributed by atoms with Gasteiger partial charge < -0.3 is 9.80 Å². The third kappa shape index (κ3) is 4.12. The first-order valence-electron chi connectivity index (χ1n) is 8.90. The molecule has 2 aromatic carbocycles. The van der Waals surface area contributed by atoms with Crippen LogP contribution in [-0.2, 0) is 11.3 Å². The van der Waals surface area contributed by atoms with Crippen LogP contribution in [0.5, 0.6) is 0 Å². The number of anilines is 1. The molecular formula is C19H18ClFN6O. The van der Waals surface area contributed by atoms with Crippen LogP contribution in [0.2, 0.25) is 5.02 Å². The van der Waals surface area contributed by atoms with E-state index in [1.165, 1.54) is 16.9 Å². The molecule has 9 heteroatoms. The Morgan fingerprint density at radius 3 is 2.54 bits per heavy atom. The number of halogens is 2. The van der Waals surface area contributed by atoms with E-state index >= 15 is 0 Å². The summed E-state index contributed by atoms with van der Waals surface area (Å²) in [7, 11) is 0. The van der Waals surface area contributed by atoms with Gasteiger partial charge in [-0.05, 0) is 47.7 Å². The number of tetrazole rings is 1. The van der Waals surface area contributed by atoms with Gasteiger partial charge in [-0.15, -0.1) is 10.2 Å². The summed E-state index contributed by atoms with van der Waals surface area (Å²) < 4.78 is 13.0. The van der Waals surface area contributed by atoms with Crippen LogP contribution in [-0.4, -0.2) is 57.2 Å². The maximum atomic E-state index is 13.0. The third-order valence-corrected chi connectivity index (χ3v) is 4.87. The predicted molar refractivity (Wildman–Crippen MR) is 103 cm³/mol. The topological polar surface area (TPSA) is 67.2 Å². The van der Waals surface area contributed by atoms with Crippen LogP contribution in [0.15, 0.2) is 48.5 Å². The Bertz CT molecular complexity index is 969. The van der Waals surface area contributed by atoms with Gasteiger partial charge in [0.25, 0.3) is 0 Å². The second-order valence-corrected chi connectivity index (χ2v) is 6.93. The van der Waals surface area contributed by atoms with E-state index in [1.54, 1.807) is 17.0 Å². The van der Waals surface area contributed by atoms with Crippen molar-refractivity contribution in [1.82, 2.24) is 25.1 Å². The number of carbonyl (C=O) groups is 1. The number of piperazine rings is 1. The van der Waals surface area contributed by atoms with Crippen molar-refractivity contribution in [2.24, 2.45) is 0 Å². The van der Waals surface area contributed by atoms with Gasteiger partial charge >= 0.3 is 0 Å². The van der Waals surface area contributed by atoms with E-state index in [0.29, 0.717) is 29.5 Å². The van der Waals surface area contributed by atoms with Crippen molar-refractivity contribution in [3.8, 4) is 11.4 Å². The normalized spacial score (nSPS) is 14.4. The molecule has 1 saturated heterocycles. The summed E-state index contributed by atoms with van der Waals surface area (Å²) in [5.74, 6) is -0.0318. The molecule has 1 aliphatic rings. The van der Waals surface area contributed by atoms with Crippen LogP contribution in [0.4, 0.5) is 10.1 Å². The smallest absolute Gasteiger partial charge is 0.246 e. The van der Waals surface area contributed by atoms with E-state index < -0.39 is 0 Å². The molecule has 7 nitrogen and oxygen atoms in total. The van der Waals surface area contributed by atoms with E-state index in [-0.39, 0.29) is 18.3 Å². The maximum absolute atomic E-state index is 13.0. The Morgan fingerprint density at radius 1 is 1.07 bits per heavy atom. The van der Waals surface area contributed by atoms with Gasteiger partial charge in [-0.1, -0.05) is 17.7 Å². The maximum Gasteiger partial charge on any atom is 0.246 e. The van der Waals surface area contributed by atoms with Crippen LogP contribution >= 0.6 is 11.6 Å². The van der Waals surface area contributed by atoms with Crippen LogP contribution in [0, 0.1) is 5.82 Å². The lowest BCUT2D eigenvalue weighted by atomic mass is 10.2. The van der Waals surface area contributed by atoms with Crippen molar-refractivity contribution in [3.63, 3.8) is 0 Å². The van der Waals surface area contributed by atoms with Gasteiger partial charge in [-0.3, -0.25) is 4.79 Å². The molecule has 1 aliphatic heterocycles. The van der Waals surface area contributed by atoms with Crippen molar-refractivity contribution in [2.75, 3.05) is 31.1 Å². The van der Waals surface area contributed by atoms with Crippen molar-refractivity contribution in [2.45, 2.75) is 6.54 Å².